The van der Waals surface area contributed by atoms with Gasteiger partial charge in [-0.25, -0.2) is 8.42 Å². The molecule has 0 saturated heterocycles. The molecule has 0 aliphatic rings. The smallest absolute Gasteiger partial charge is 0.212 e. The fourth-order valence-corrected chi connectivity index (χ4v) is 1.82. The van der Waals surface area contributed by atoms with E-state index in [1.165, 1.54) is 0 Å². The van der Waals surface area contributed by atoms with Crippen molar-refractivity contribution in [3.05, 3.63) is 35.4 Å². The summed E-state index contributed by atoms with van der Waals surface area (Å²) in [5.41, 5.74) is 2.13. The maximum atomic E-state index is 11.0. The Balaban J connectivity index is 2.85. The number of halogens is 1. The van der Waals surface area contributed by atoms with Gasteiger partial charge in [0.25, 0.3) is 0 Å². The zero-order valence-corrected chi connectivity index (χ0v) is 9.77. The van der Waals surface area contributed by atoms with Gasteiger partial charge in [0.15, 0.2) is 0 Å². The molecule has 0 aliphatic carbocycles. The fraction of sp³-hybridized carbons (Fsp3) is 0.400. The molecule has 2 nitrogen and oxygen atoms in total. The van der Waals surface area contributed by atoms with Crippen molar-refractivity contribution in [1.82, 2.24) is 0 Å². The van der Waals surface area contributed by atoms with Gasteiger partial charge in [0, 0.05) is 10.7 Å². The highest BCUT2D eigenvalue weighted by molar-refractivity contribution is 8.14. The van der Waals surface area contributed by atoms with E-state index in [4.69, 9.17) is 10.7 Å². The molecule has 0 bridgehead atoms. The average molecular weight is 233 g/mol. The van der Waals surface area contributed by atoms with Gasteiger partial charge in [-0.2, -0.15) is 0 Å². The van der Waals surface area contributed by atoms with Crippen molar-refractivity contribution in [2.24, 2.45) is 0 Å². The van der Waals surface area contributed by atoms with Crippen LogP contribution in [0.4, 0.5) is 0 Å². The molecule has 1 unspecified atom stereocenters. The summed E-state index contributed by atoms with van der Waals surface area (Å²) in [6.07, 6.45) is 0.471. The van der Waals surface area contributed by atoms with Gasteiger partial charge in [0.05, 0.1) is 5.25 Å². The average Bonchev–Trinajstić information content (AvgIpc) is 2.07. The summed E-state index contributed by atoms with van der Waals surface area (Å²) in [6, 6.07) is 7.71. The molecule has 0 saturated carbocycles. The summed E-state index contributed by atoms with van der Waals surface area (Å²) in [4.78, 5) is 0. The Hall–Kier alpha value is -0.540. The number of hydrogen-bond acceptors (Lipinski definition) is 2. The Labute approximate surface area is 89.3 Å². The summed E-state index contributed by atoms with van der Waals surface area (Å²) in [6.45, 7) is 3.58. The quantitative estimate of drug-likeness (QED) is 0.751. The van der Waals surface area contributed by atoms with Crippen LogP contribution >= 0.6 is 10.7 Å². The van der Waals surface area contributed by atoms with Crippen LogP contribution in [0, 0.1) is 6.92 Å². The van der Waals surface area contributed by atoms with Crippen LogP contribution in [0.25, 0.3) is 0 Å². The van der Waals surface area contributed by atoms with Crippen LogP contribution in [0.3, 0.4) is 0 Å². The third-order valence-corrected chi connectivity index (χ3v) is 4.29. The minimum Gasteiger partial charge on any atom is -0.212 e. The topological polar surface area (TPSA) is 34.1 Å². The summed E-state index contributed by atoms with van der Waals surface area (Å²) >= 11 is 0. The van der Waals surface area contributed by atoms with Gasteiger partial charge < -0.3 is 0 Å². The molecule has 1 aromatic rings. The first-order chi connectivity index (χ1) is 6.41. The summed E-state index contributed by atoms with van der Waals surface area (Å²) in [7, 11) is 1.81. The van der Waals surface area contributed by atoms with Crippen molar-refractivity contribution in [1.29, 1.82) is 0 Å². The molecule has 0 amide bonds. The highest BCUT2D eigenvalue weighted by atomic mass is 35.7. The zero-order chi connectivity index (χ0) is 10.8. The minimum atomic E-state index is -3.45. The number of benzene rings is 1. The lowest BCUT2D eigenvalue weighted by molar-refractivity contribution is 0.597. The van der Waals surface area contributed by atoms with Crippen molar-refractivity contribution < 1.29 is 8.42 Å². The lowest BCUT2D eigenvalue weighted by Crippen LogP contribution is -2.15. The molecule has 0 N–H and O–H groups in total. The van der Waals surface area contributed by atoms with Gasteiger partial charge in [-0.3, -0.25) is 0 Å². The van der Waals surface area contributed by atoms with Crippen molar-refractivity contribution in [3.63, 3.8) is 0 Å². The van der Waals surface area contributed by atoms with Crippen LogP contribution in [0.1, 0.15) is 18.1 Å². The predicted molar refractivity (Wildman–Crippen MR) is 59.1 cm³/mol. The monoisotopic (exact) mass is 232 g/mol. The van der Waals surface area contributed by atoms with Gasteiger partial charge in [-0.1, -0.05) is 24.3 Å². The van der Waals surface area contributed by atoms with Crippen molar-refractivity contribution in [3.8, 4) is 0 Å². The van der Waals surface area contributed by atoms with E-state index >= 15 is 0 Å². The summed E-state index contributed by atoms with van der Waals surface area (Å²) in [5, 5.41) is -0.537. The molecule has 0 heterocycles. The summed E-state index contributed by atoms with van der Waals surface area (Å²) in [5.74, 6) is 0. The van der Waals surface area contributed by atoms with Gasteiger partial charge in [-0.05, 0) is 31.4 Å². The molecule has 14 heavy (non-hydrogen) atoms. The molecule has 4 heteroatoms. The standard InChI is InChI=1S/C10H13ClO2S/c1-8-5-3-4-6-10(8)7-9(2)14(11,12)13/h3-6,9H,7H2,1-2H3. The maximum Gasteiger partial charge on any atom is 0.235 e. The fourth-order valence-electron chi connectivity index (χ4n) is 1.25. The molecule has 0 spiro atoms. The molecular formula is C10H13ClO2S. The molecule has 0 aromatic heterocycles. The highest BCUT2D eigenvalue weighted by Gasteiger charge is 2.18. The van der Waals surface area contributed by atoms with E-state index in [2.05, 4.69) is 0 Å². The van der Waals surface area contributed by atoms with Crippen molar-refractivity contribution in [2.45, 2.75) is 25.5 Å². The third-order valence-electron chi connectivity index (χ3n) is 2.25. The van der Waals surface area contributed by atoms with Crippen LogP contribution in [0.5, 0.6) is 0 Å². The van der Waals surface area contributed by atoms with Gasteiger partial charge in [0.2, 0.25) is 9.05 Å². The van der Waals surface area contributed by atoms with Crippen LogP contribution in [-0.4, -0.2) is 13.7 Å². The van der Waals surface area contributed by atoms with E-state index in [-0.39, 0.29) is 0 Å². The molecule has 1 rings (SSSR count). The number of aryl methyl sites for hydroxylation is 1. The largest absolute Gasteiger partial charge is 0.235 e. The van der Waals surface area contributed by atoms with E-state index in [0.29, 0.717) is 6.42 Å². The molecule has 78 valence electrons. The first kappa shape index (κ1) is 11.5. The Morgan fingerprint density at radius 1 is 1.36 bits per heavy atom. The van der Waals surface area contributed by atoms with Crippen LogP contribution in [0.2, 0.25) is 0 Å². The van der Waals surface area contributed by atoms with Crippen molar-refractivity contribution >= 4 is 19.7 Å². The predicted octanol–water partition coefficient (Wildman–Crippen LogP) is 2.49. The molecular weight excluding hydrogens is 220 g/mol. The molecule has 0 radical (unpaired) electrons. The van der Waals surface area contributed by atoms with E-state index < -0.39 is 14.3 Å². The van der Waals surface area contributed by atoms with Crippen LogP contribution in [0.15, 0.2) is 24.3 Å². The van der Waals surface area contributed by atoms with Crippen LogP contribution < -0.4 is 0 Å². The highest BCUT2D eigenvalue weighted by Crippen LogP contribution is 2.15. The Morgan fingerprint density at radius 2 is 1.93 bits per heavy atom. The second-order valence-electron chi connectivity index (χ2n) is 3.42. The minimum absolute atomic E-state index is 0.471. The zero-order valence-electron chi connectivity index (χ0n) is 8.20. The number of rotatable bonds is 3. The molecule has 0 fully saturated rings. The van der Waals surface area contributed by atoms with Crippen molar-refractivity contribution in [2.75, 3.05) is 0 Å². The second-order valence-corrected chi connectivity index (χ2v) is 6.46. The SMILES string of the molecule is Cc1ccccc1CC(C)S(=O)(=O)Cl. The van der Waals surface area contributed by atoms with Gasteiger partial charge >= 0.3 is 0 Å². The number of hydrogen-bond donors (Lipinski definition) is 0. The molecule has 0 aliphatic heterocycles. The van der Waals surface area contributed by atoms with E-state index in [1.807, 2.05) is 31.2 Å². The van der Waals surface area contributed by atoms with Gasteiger partial charge in [0.1, 0.15) is 0 Å². The van der Waals surface area contributed by atoms with Crippen LogP contribution in [-0.2, 0) is 15.5 Å². The maximum absolute atomic E-state index is 11.0. The molecule has 1 aromatic carbocycles. The second kappa shape index (κ2) is 4.32. The first-order valence-electron chi connectivity index (χ1n) is 4.39. The van der Waals surface area contributed by atoms with E-state index in [9.17, 15) is 8.42 Å². The Bertz CT molecular complexity index is 412. The molecule has 1 atom stereocenters. The van der Waals surface area contributed by atoms with E-state index in [1.54, 1.807) is 6.92 Å². The van der Waals surface area contributed by atoms with Gasteiger partial charge in [-0.15, -0.1) is 0 Å². The third kappa shape index (κ3) is 3.00. The Morgan fingerprint density at radius 3 is 2.43 bits per heavy atom. The normalized spacial score (nSPS) is 13.9. The van der Waals surface area contributed by atoms with E-state index in [0.717, 1.165) is 11.1 Å². The lowest BCUT2D eigenvalue weighted by atomic mass is 10.0. The lowest BCUT2D eigenvalue weighted by Gasteiger charge is -2.09. The first-order valence-corrected chi connectivity index (χ1v) is 6.76. The summed E-state index contributed by atoms with van der Waals surface area (Å²) < 4.78 is 22.0. The Kier molecular flexibility index (Phi) is 3.56.